The minimum Gasteiger partial charge on any atom is -0.454 e. The van der Waals surface area contributed by atoms with Gasteiger partial charge in [0.05, 0.1) is 23.8 Å². The molecule has 28 heavy (non-hydrogen) atoms. The molecule has 3 rings (SSSR count). The number of para-hydroxylation sites is 1. The van der Waals surface area contributed by atoms with E-state index < -0.39 is 0 Å². The van der Waals surface area contributed by atoms with Gasteiger partial charge in [0.25, 0.3) is 5.91 Å². The third kappa shape index (κ3) is 4.79. The fraction of sp³-hybridized carbons (Fsp3) is 0.300. The second kappa shape index (κ2) is 9.20. The molecule has 0 spiro atoms. The van der Waals surface area contributed by atoms with Gasteiger partial charge in [0.15, 0.2) is 11.5 Å². The van der Waals surface area contributed by atoms with E-state index in [9.17, 15) is 9.59 Å². The van der Waals surface area contributed by atoms with Gasteiger partial charge in [-0.15, -0.1) is 0 Å². The zero-order valence-electron chi connectivity index (χ0n) is 15.6. The number of methoxy groups -OCH3 is 1. The van der Waals surface area contributed by atoms with Crippen LogP contribution in [0.2, 0.25) is 0 Å². The molecule has 8 heteroatoms. The molecule has 2 aromatic rings. The van der Waals surface area contributed by atoms with Crippen LogP contribution in [-0.4, -0.2) is 38.4 Å². The highest BCUT2D eigenvalue weighted by Gasteiger charge is 2.17. The number of carbonyl (C=O) groups is 2. The average molecular weight is 385 g/mol. The molecule has 1 heterocycles. The number of anilines is 1. The molecule has 0 aliphatic carbocycles. The van der Waals surface area contributed by atoms with Gasteiger partial charge in [0.2, 0.25) is 12.7 Å². The maximum Gasteiger partial charge on any atom is 0.253 e. The standard InChI is InChI=1S/C20H23N3O5/c1-26-14(10-21)9-19(24)23-16-5-3-2-4-15(16)20(25)22-11-13-6-7-17-18(8-13)28-12-27-17/h2-8,14H,9-12,21H2,1H3,(H,22,25)(H,23,24). The maximum atomic E-state index is 12.6. The first-order chi connectivity index (χ1) is 13.6. The van der Waals surface area contributed by atoms with Gasteiger partial charge in [0, 0.05) is 20.2 Å². The second-order valence-corrected chi connectivity index (χ2v) is 6.26. The van der Waals surface area contributed by atoms with E-state index >= 15 is 0 Å². The van der Waals surface area contributed by atoms with Crippen molar-refractivity contribution in [2.75, 3.05) is 25.8 Å². The number of hydrogen-bond acceptors (Lipinski definition) is 6. The van der Waals surface area contributed by atoms with E-state index in [1.165, 1.54) is 7.11 Å². The fourth-order valence-corrected chi connectivity index (χ4v) is 2.79. The van der Waals surface area contributed by atoms with Crippen LogP contribution in [0.5, 0.6) is 11.5 Å². The van der Waals surface area contributed by atoms with Gasteiger partial charge in [-0.05, 0) is 29.8 Å². The quantitative estimate of drug-likeness (QED) is 0.637. The highest BCUT2D eigenvalue weighted by molar-refractivity contribution is 6.03. The summed E-state index contributed by atoms with van der Waals surface area (Å²) in [7, 11) is 1.50. The Morgan fingerprint density at radius 3 is 2.75 bits per heavy atom. The Morgan fingerprint density at radius 1 is 1.18 bits per heavy atom. The molecule has 8 nitrogen and oxygen atoms in total. The minimum absolute atomic E-state index is 0.111. The van der Waals surface area contributed by atoms with Crippen LogP contribution in [0.3, 0.4) is 0 Å². The molecule has 0 saturated carbocycles. The van der Waals surface area contributed by atoms with Crippen LogP contribution in [0.4, 0.5) is 5.69 Å². The topological polar surface area (TPSA) is 112 Å². The van der Waals surface area contributed by atoms with Crippen LogP contribution in [0.15, 0.2) is 42.5 Å². The lowest BCUT2D eigenvalue weighted by Crippen LogP contribution is -2.29. The van der Waals surface area contributed by atoms with Crippen molar-refractivity contribution in [3.05, 3.63) is 53.6 Å². The fourth-order valence-electron chi connectivity index (χ4n) is 2.79. The first kappa shape index (κ1) is 19.7. The van der Waals surface area contributed by atoms with Gasteiger partial charge in [-0.2, -0.15) is 0 Å². The number of benzene rings is 2. The van der Waals surface area contributed by atoms with Crippen LogP contribution in [-0.2, 0) is 16.1 Å². The summed E-state index contributed by atoms with van der Waals surface area (Å²) in [6.07, 6.45) is -0.257. The molecule has 0 saturated heterocycles. The van der Waals surface area contributed by atoms with E-state index in [1.807, 2.05) is 18.2 Å². The Kier molecular flexibility index (Phi) is 6.46. The predicted octanol–water partition coefficient (Wildman–Crippen LogP) is 1.65. The van der Waals surface area contributed by atoms with Gasteiger partial charge in [-0.3, -0.25) is 9.59 Å². The summed E-state index contributed by atoms with van der Waals surface area (Å²) in [4.78, 5) is 24.8. The van der Waals surface area contributed by atoms with Gasteiger partial charge in [-0.25, -0.2) is 0 Å². The molecule has 2 amide bonds. The van der Waals surface area contributed by atoms with Crippen LogP contribution < -0.4 is 25.8 Å². The van der Waals surface area contributed by atoms with Gasteiger partial charge >= 0.3 is 0 Å². The number of rotatable bonds is 8. The summed E-state index contributed by atoms with van der Waals surface area (Å²) in [5, 5.41) is 5.60. The van der Waals surface area contributed by atoms with Crippen molar-refractivity contribution in [3.63, 3.8) is 0 Å². The van der Waals surface area contributed by atoms with Crippen LogP contribution in [0.1, 0.15) is 22.3 Å². The summed E-state index contributed by atoms with van der Waals surface area (Å²) >= 11 is 0. The Labute approximate surface area is 163 Å². The molecule has 1 unspecified atom stereocenters. The molecule has 148 valence electrons. The normalized spacial score (nSPS) is 13.1. The number of amides is 2. The molecular weight excluding hydrogens is 362 g/mol. The molecular formula is C20H23N3O5. The SMILES string of the molecule is COC(CN)CC(=O)Nc1ccccc1C(=O)NCc1ccc2c(c1)OCO2. The van der Waals surface area contributed by atoms with E-state index in [-0.39, 0.29) is 37.7 Å². The van der Waals surface area contributed by atoms with Crippen molar-refractivity contribution in [3.8, 4) is 11.5 Å². The third-order valence-corrected chi connectivity index (χ3v) is 4.35. The van der Waals surface area contributed by atoms with E-state index in [1.54, 1.807) is 24.3 Å². The Morgan fingerprint density at radius 2 is 1.96 bits per heavy atom. The summed E-state index contributed by atoms with van der Waals surface area (Å²) in [5.74, 6) is 0.783. The highest BCUT2D eigenvalue weighted by atomic mass is 16.7. The third-order valence-electron chi connectivity index (χ3n) is 4.35. The highest BCUT2D eigenvalue weighted by Crippen LogP contribution is 2.32. The number of ether oxygens (including phenoxy) is 3. The van der Waals surface area contributed by atoms with Crippen LogP contribution >= 0.6 is 0 Å². The van der Waals surface area contributed by atoms with Gasteiger partial charge < -0.3 is 30.6 Å². The van der Waals surface area contributed by atoms with E-state index in [4.69, 9.17) is 19.9 Å². The number of carbonyl (C=O) groups excluding carboxylic acids is 2. The Balaban J connectivity index is 1.63. The zero-order chi connectivity index (χ0) is 19.9. The van der Waals surface area contributed by atoms with Crippen LogP contribution in [0, 0.1) is 0 Å². The first-order valence-corrected chi connectivity index (χ1v) is 8.89. The van der Waals surface area contributed by atoms with Crippen molar-refractivity contribution in [1.82, 2.24) is 5.32 Å². The lowest BCUT2D eigenvalue weighted by atomic mass is 10.1. The maximum absolute atomic E-state index is 12.6. The summed E-state index contributed by atoms with van der Waals surface area (Å²) in [6.45, 7) is 0.755. The van der Waals surface area contributed by atoms with Crippen molar-refractivity contribution >= 4 is 17.5 Å². The lowest BCUT2D eigenvalue weighted by Gasteiger charge is -2.14. The summed E-state index contributed by atoms with van der Waals surface area (Å²) in [6, 6.07) is 12.3. The first-order valence-electron chi connectivity index (χ1n) is 8.89. The molecule has 1 aliphatic heterocycles. The lowest BCUT2D eigenvalue weighted by molar-refractivity contribution is -0.118. The smallest absolute Gasteiger partial charge is 0.253 e. The molecule has 4 N–H and O–H groups in total. The average Bonchev–Trinajstić information content (AvgIpc) is 3.18. The van der Waals surface area contributed by atoms with E-state index in [2.05, 4.69) is 10.6 Å². The predicted molar refractivity (Wildman–Crippen MR) is 103 cm³/mol. The van der Waals surface area contributed by atoms with Crippen molar-refractivity contribution in [2.24, 2.45) is 5.73 Å². The Bertz CT molecular complexity index is 851. The molecule has 0 bridgehead atoms. The molecule has 0 aromatic heterocycles. The second-order valence-electron chi connectivity index (χ2n) is 6.26. The molecule has 1 atom stereocenters. The molecule has 0 fully saturated rings. The van der Waals surface area contributed by atoms with Crippen molar-refractivity contribution < 1.29 is 23.8 Å². The zero-order valence-corrected chi connectivity index (χ0v) is 15.6. The Hall–Kier alpha value is -3.10. The van der Waals surface area contributed by atoms with Gasteiger partial charge in [-0.1, -0.05) is 18.2 Å². The largest absolute Gasteiger partial charge is 0.454 e. The summed E-state index contributed by atoms with van der Waals surface area (Å²) in [5.41, 5.74) is 7.23. The van der Waals surface area contributed by atoms with E-state index in [0.717, 1.165) is 5.56 Å². The number of hydrogen-bond donors (Lipinski definition) is 3. The van der Waals surface area contributed by atoms with E-state index in [0.29, 0.717) is 29.3 Å². The number of nitrogens with two attached hydrogens (primary N) is 1. The summed E-state index contributed by atoms with van der Waals surface area (Å²) < 4.78 is 15.7. The molecule has 2 aromatic carbocycles. The minimum atomic E-state index is -0.369. The molecule has 0 radical (unpaired) electrons. The van der Waals surface area contributed by atoms with Crippen molar-refractivity contribution in [2.45, 2.75) is 19.1 Å². The van der Waals surface area contributed by atoms with Crippen molar-refractivity contribution in [1.29, 1.82) is 0 Å². The number of nitrogens with one attached hydrogen (secondary N) is 2. The monoisotopic (exact) mass is 385 g/mol. The number of fused-ring (bicyclic) bond motifs is 1. The van der Waals surface area contributed by atoms with Gasteiger partial charge in [0.1, 0.15) is 0 Å². The molecule has 1 aliphatic rings. The van der Waals surface area contributed by atoms with Crippen LogP contribution in [0.25, 0.3) is 0 Å².